The zero-order chi connectivity index (χ0) is 20.0. The maximum Gasteiger partial charge on any atom is 0.326 e. The topological polar surface area (TPSA) is 122 Å². The third-order valence-corrected chi connectivity index (χ3v) is 3.74. The van der Waals surface area contributed by atoms with E-state index < -0.39 is 23.8 Å². The lowest BCUT2D eigenvalue weighted by atomic mass is 10.0. The molecule has 0 aliphatic rings. The molecule has 2 amide bonds. The van der Waals surface area contributed by atoms with Gasteiger partial charge in [0.1, 0.15) is 6.04 Å². The van der Waals surface area contributed by atoms with Gasteiger partial charge in [0.05, 0.1) is 6.54 Å². The highest BCUT2D eigenvalue weighted by atomic mass is 16.4. The van der Waals surface area contributed by atoms with E-state index in [-0.39, 0.29) is 18.2 Å². The molecule has 27 heavy (non-hydrogen) atoms. The van der Waals surface area contributed by atoms with E-state index in [1.807, 2.05) is 32.0 Å². The number of nitrogens with one attached hydrogen (secondary N) is 2. The second kappa shape index (κ2) is 8.98. The number of amides is 2. The van der Waals surface area contributed by atoms with Gasteiger partial charge in [0.2, 0.25) is 5.91 Å². The van der Waals surface area contributed by atoms with Crippen LogP contribution in [0.3, 0.4) is 0 Å². The Morgan fingerprint density at radius 3 is 2.44 bits per heavy atom. The number of oxazole rings is 1. The van der Waals surface area contributed by atoms with Gasteiger partial charge in [-0.25, -0.2) is 9.78 Å². The Labute approximate surface area is 157 Å². The number of hydrogen-bond donors (Lipinski definition) is 3. The summed E-state index contributed by atoms with van der Waals surface area (Å²) in [6.07, 6.45) is 0.301. The van der Waals surface area contributed by atoms with Crippen molar-refractivity contribution >= 4 is 17.8 Å². The second-order valence-electron chi connectivity index (χ2n) is 6.55. The van der Waals surface area contributed by atoms with Gasteiger partial charge in [0.25, 0.3) is 5.91 Å². The van der Waals surface area contributed by atoms with Crippen molar-refractivity contribution in [3.63, 3.8) is 0 Å². The number of carboxylic acid groups (broad SMARTS) is 1. The summed E-state index contributed by atoms with van der Waals surface area (Å²) in [5.74, 6) is -1.52. The van der Waals surface area contributed by atoms with E-state index in [9.17, 15) is 14.4 Å². The summed E-state index contributed by atoms with van der Waals surface area (Å²) in [6, 6.07) is 8.03. The highest BCUT2D eigenvalue weighted by Gasteiger charge is 2.23. The predicted molar refractivity (Wildman–Crippen MR) is 98.0 cm³/mol. The van der Waals surface area contributed by atoms with Gasteiger partial charge < -0.3 is 20.2 Å². The van der Waals surface area contributed by atoms with Crippen molar-refractivity contribution in [2.24, 2.45) is 5.92 Å². The van der Waals surface area contributed by atoms with E-state index in [1.165, 1.54) is 0 Å². The molecule has 1 heterocycles. The van der Waals surface area contributed by atoms with E-state index in [4.69, 9.17) is 9.52 Å². The molecule has 0 saturated carbocycles. The smallest absolute Gasteiger partial charge is 0.326 e. The standard InChI is InChI=1S/C19H23N3O5/c1-11(2)9-14(19(25)26)22-15(23)10-20-18(24)16-17(27-12(3)21-16)13-7-5-4-6-8-13/h4-8,11,14H,9-10H2,1-3H3,(H,20,24)(H,22,23)(H,25,26)/t14-/m0/s1. The molecule has 2 aromatic rings. The number of benzene rings is 1. The van der Waals surface area contributed by atoms with Crippen molar-refractivity contribution in [3.8, 4) is 11.3 Å². The minimum atomic E-state index is -1.11. The van der Waals surface area contributed by atoms with Gasteiger partial charge >= 0.3 is 5.97 Å². The third kappa shape index (κ3) is 5.67. The number of nitrogens with zero attached hydrogens (tertiary/aromatic N) is 1. The lowest BCUT2D eigenvalue weighted by Gasteiger charge is -2.16. The summed E-state index contributed by atoms with van der Waals surface area (Å²) in [4.78, 5) is 39.7. The molecular weight excluding hydrogens is 350 g/mol. The van der Waals surface area contributed by atoms with Crippen LogP contribution in [0.25, 0.3) is 11.3 Å². The molecule has 0 spiro atoms. The molecular formula is C19H23N3O5. The average Bonchev–Trinajstić information content (AvgIpc) is 3.01. The lowest BCUT2D eigenvalue weighted by molar-refractivity contribution is -0.142. The van der Waals surface area contributed by atoms with Crippen LogP contribution in [-0.2, 0) is 9.59 Å². The molecule has 8 nitrogen and oxygen atoms in total. The number of aliphatic carboxylic acids is 1. The first-order valence-electron chi connectivity index (χ1n) is 8.61. The van der Waals surface area contributed by atoms with Crippen molar-refractivity contribution in [2.75, 3.05) is 6.54 Å². The third-order valence-electron chi connectivity index (χ3n) is 3.74. The van der Waals surface area contributed by atoms with Crippen LogP contribution in [0.1, 0.15) is 36.6 Å². The molecule has 0 saturated heterocycles. The summed E-state index contributed by atoms with van der Waals surface area (Å²) in [7, 11) is 0. The number of carbonyl (C=O) groups excluding carboxylic acids is 2. The molecule has 3 N–H and O–H groups in total. The Balaban J connectivity index is 2.02. The van der Waals surface area contributed by atoms with Gasteiger partial charge in [0, 0.05) is 12.5 Å². The summed E-state index contributed by atoms with van der Waals surface area (Å²) < 4.78 is 5.52. The molecule has 1 aromatic heterocycles. The van der Waals surface area contributed by atoms with Crippen LogP contribution in [0, 0.1) is 12.8 Å². The fourth-order valence-electron chi connectivity index (χ4n) is 2.55. The van der Waals surface area contributed by atoms with Crippen molar-refractivity contribution in [3.05, 3.63) is 41.9 Å². The number of carboxylic acids is 1. The van der Waals surface area contributed by atoms with Gasteiger partial charge in [-0.05, 0) is 12.3 Å². The molecule has 1 atom stereocenters. The van der Waals surface area contributed by atoms with Gasteiger partial charge in [-0.1, -0.05) is 44.2 Å². The van der Waals surface area contributed by atoms with Crippen LogP contribution in [0.5, 0.6) is 0 Å². The molecule has 8 heteroatoms. The SMILES string of the molecule is Cc1nc(C(=O)NCC(=O)N[C@@H](CC(C)C)C(=O)O)c(-c2ccccc2)o1. The summed E-state index contributed by atoms with van der Waals surface area (Å²) in [6.45, 7) is 4.99. The fraction of sp³-hybridized carbons (Fsp3) is 0.368. The Morgan fingerprint density at radius 1 is 1.19 bits per heavy atom. The quantitative estimate of drug-likeness (QED) is 0.651. The zero-order valence-electron chi connectivity index (χ0n) is 15.5. The fourth-order valence-corrected chi connectivity index (χ4v) is 2.55. The minimum absolute atomic E-state index is 0.0727. The monoisotopic (exact) mass is 373 g/mol. The molecule has 1 aromatic carbocycles. The highest BCUT2D eigenvalue weighted by molar-refractivity contribution is 5.99. The molecule has 0 radical (unpaired) electrons. The lowest BCUT2D eigenvalue weighted by Crippen LogP contribution is -2.46. The average molecular weight is 373 g/mol. The van der Waals surface area contributed by atoms with E-state index in [1.54, 1.807) is 19.1 Å². The number of carbonyl (C=O) groups is 3. The molecule has 2 rings (SSSR count). The Kier molecular flexibility index (Phi) is 6.70. The van der Waals surface area contributed by atoms with Crippen molar-refractivity contribution in [1.29, 1.82) is 0 Å². The second-order valence-corrected chi connectivity index (χ2v) is 6.55. The van der Waals surface area contributed by atoms with E-state index in [0.717, 1.165) is 0 Å². The van der Waals surface area contributed by atoms with Crippen molar-refractivity contribution < 1.29 is 23.9 Å². The molecule has 0 aliphatic heterocycles. The number of rotatable bonds is 8. The Bertz CT molecular complexity index is 814. The summed E-state index contributed by atoms with van der Waals surface area (Å²) in [5.41, 5.74) is 0.763. The molecule has 0 aliphatic carbocycles. The first-order valence-corrected chi connectivity index (χ1v) is 8.61. The zero-order valence-corrected chi connectivity index (χ0v) is 15.5. The maximum atomic E-state index is 12.4. The first kappa shape index (κ1) is 20.2. The van der Waals surface area contributed by atoms with E-state index in [2.05, 4.69) is 15.6 Å². The number of aromatic nitrogens is 1. The first-order chi connectivity index (χ1) is 12.8. The van der Waals surface area contributed by atoms with Crippen LogP contribution in [0.15, 0.2) is 34.7 Å². The Morgan fingerprint density at radius 2 is 1.85 bits per heavy atom. The van der Waals surface area contributed by atoms with Crippen LogP contribution in [0.4, 0.5) is 0 Å². The number of aryl methyl sites for hydroxylation is 1. The number of hydrogen-bond acceptors (Lipinski definition) is 5. The van der Waals surface area contributed by atoms with E-state index in [0.29, 0.717) is 23.6 Å². The van der Waals surface area contributed by atoms with Gasteiger partial charge in [-0.15, -0.1) is 0 Å². The Hall–Kier alpha value is -3.16. The molecule has 0 unspecified atom stereocenters. The minimum Gasteiger partial charge on any atom is -0.480 e. The molecule has 0 fully saturated rings. The van der Waals surface area contributed by atoms with Crippen LogP contribution >= 0.6 is 0 Å². The van der Waals surface area contributed by atoms with Crippen LogP contribution < -0.4 is 10.6 Å². The van der Waals surface area contributed by atoms with E-state index >= 15 is 0 Å². The molecule has 0 bridgehead atoms. The maximum absolute atomic E-state index is 12.4. The van der Waals surface area contributed by atoms with Crippen LogP contribution in [-0.4, -0.2) is 40.5 Å². The van der Waals surface area contributed by atoms with Crippen molar-refractivity contribution in [2.45, 2.75) is 33.2 Å². The normalized spacial score (nSPS) is 11.9. The van der Waals surface area contributed by atoms with Gasteiger partial charge in [-0.3, -0.25) is 9.59 Å². The van der Waals surface area contributed by atoms with Crippen molar-refractivity contribution in [1.82, 2.24) is 15.6 Å². The highest BCUT2D eigenvalue weighted by Crippen LogP contribution is 2.24. The van der Waals surface area contributed by atoms with Gasteiger partial charge in [0.15, 0.2) is 17.3 Å². The van der Waals surface area contributed by atoms with Crippen LogP contribution in [0.2, 0.25) is 0 Å². The molecule has 144 valence electrons. The predicted octanol–water partition coefficient (Wildman–Crippen LogP) is 2.00. The van der Waals surface area contributed by atoms with Gasteiger partial charge in [-0.2, -0.15) is 0 Å². The largest absolute Gasteiger partial charge is 0.480 e. The summed E-state index contributed by atoms with van der Waals surface area (Å²) in [5, 5.41) is 14.0. The summed E-state index contributed by atoms with van der Waals surface area (Å²) >= 11 is 0.